The maximum Gasteiger partial charge on any atom is 0.522 e. The van der Waals surface area contributed by atoms with Crippen LogP contribution in [0.1, 0.15) is 61.9 Å². The molecule has 0 unspecified atom stereocenters. The van der Waals surface area contributed by atoms with E-state index in [-0.39, 0.29) is 29.3 Å². The Kier molecular flexibility index (Phi) is 4.80. The van der Waals surface area contributed by atoms with Crippen LogP contribution in [0.15, 0.2) is 30.7 Å². The number of aliphatic hydroxyl groups is 1. The number of benzene rings is 1. The van der Waals surface area contributed by atoms with Gasteiger partial charge in [0.05, 0.1) is 24.2 Å². The number of fused-ring (bicyclic) bond motifs is 1. The molecule has 1 amide bonds. The van der Waals surface area contributed by atoms with Gasteiger partial charge in [-0.05, 0) is 50.3 Å². The zero-order chi connectivity index (χ0) is 23.9. The second kappa shape index (κ2) is 7.35. The Balaban J connectivity index is 1.03. The van der Waals surface area contributed by atoms with Crippen molar-refractivity contribution in [2.24, 2.45) is 0 Å². The van der Waals surface area contributed by atoms with Crippen LogP contribution in [0.5, 0.6) is 5.75 Å². The zero-order valence-corrected chi connectivity index (χ0v) is 18.8. The Bertz CT molecular complexity index is 1130. The molecule has 4 saturated carbocycles. The van der Waals surface area contributed by atoms with Crippen LogP contribution in [0.4, 0.5) is 13.2 Å². The first-order valence-electron chi connectivity index (χ1n) is 11.3. The monoisotopic (exact) mass is 497 g/mol. The summed E-state index contributed by atoms with van der Waals surface area (Å²) in [5.74, 6) is 0.213. The summed E-state index contributed by atoms with van der Waals surface area (Å²) in [6.07, 6.45) is -0.350. The first-order valence-corrected chi connectivity index (χ1v) is 11.7. The third-order valence-electron chi connectivity index (χ3n) is 7.69. The average Bonchev–Trinajstić information content (AvgIpc) is 3.14. The first kappa shape index (κ1) is 22.2. The van der Waals surface area contributed by atoms with Crippen LogP contribution in [0.3, 0.4) is 0 Å². The Hall–Kier alpha value is -2.30. The molecule has 34 heavy (non-hydrogen) atoms. The van der Waals surface area contributed by atoms with Crippen molar-refractivity contribution in [1.29, 1.82) is 0 Å². The number of hydrogen-bond donors (Lipinski definition) is 2. The van der Waals surface area contributed by atoms with Crippen LogP contribution in [0.25, 0.3) is 0 Å². The largest absolute Gasteiger partial charge is 0.522 e. The van der Waals surface area contributed by atoms with Gasteiger partial charge in [-0.25, -0.2) is 4.98 Å². The van der Waals surface area contributed by atoms with E-state index in [4.69, 9.17) is 16.3 Å². The molecule has 4 aliphatic carbocycles. The number of nitrogens with zero attached hydrogens (tertiary/aromatic N) is 2. The summed E-state index contributed by atoms with van der Waals surface area (Å²) in [5, 5.41) is 14.0. The maximum atomic E-state index is 12.9. The van der Waals surface area contributed by atoms with E-state index in [1.165, 1.54) is 0 Å². The molecule has 182 valence electrons. The molecule has 11 heteroatoms. The minimum atomic E-state index is -4.60. The van der Waals surface area contributed by atoms with E-state index in [0.29, 0.717) is 29.2 Å². The molecule has 2 heterocycles. The average molecular weight is 498 g/mol. The van der Waals surface area contributed by atoms with Gasteiger partial charge in [-0.1, -0.05) is 11.6 Å². The minimum Gasteiger partial charge on any atom is -0.480 e. The number of hydrogen-bond acceptors (Lipinski definition) is 5. The van der Waals surface area contributed by atoms with E-state index in [2.05, 4.69) is 15.0 Å². The lowest BCUT2D eigenvalue weighted by Gasteiger charge is -2.70. The Labute approximate surface area is 198 Å². The molecule has 1 aromatic carbocycles. The molecule has 2 bridgehead atoms. The van der Waals surface area contributed by atoms with Crippen LogP contribution in [-0.4, -0.2) is 44.7 Å². The van der Waals surface area contributed by atoms with E-state index in [1.54, 1.807) is 24.5 Å². The second-order valence-corrected chi connectivity index (χ2v) is 10.6. The fourth-order valence-electron chi connectivity index (χ4n) is 5.99. The number of imidazole rings is 1. The van der Waals surface area contributed by atoms with Crippen molar-refractivity contribution < 1.29 is 32.5 Å². The molecule has 2 aromatic rings. The van der Waals surface area contributed by atoms with E-state index in [0.717, 1.165) is 25.0 Å². The molecule has 0 radical (unpaired) electrons. The van der Waals surface area contributed by atoms with E-state index < -0.39 is 24.7 Å². The summed E-state index contributed by atoms with van der Waals surface area (Å²) in [4.78, 5) is 17.4. The van der Waals surface area contributed by atoms with Gasteiger partial charge in [0.25, 0.3) is 5.91 Å². The van der Waals surface area contributed by atoms with Crippen molar-refractivity contribution >= 4 is 17.5 Å². The quantitative estimate of drug-likeness (QED) is 0.653. The molecule has 2 N–H and O–H groups in total. The van der Waals surface area contributed by atoms with Gasteiger partial charge in [0.2, 0.25) is 0 Å². The van der Waals surface area contributed by atoms with Gasteiger partial charge in [0.15, 0.2) is 6.10 Å². The van der Waals surface area contributed by atoms with Crippen LogP contribution in [0.2, 0.25) is 5.02 Å². The normalized spacial score (nSPS) is 35.8. The van der Waals surface area contributed by atoms with Crippen molar-refractivity contribution in [2.75, 3.05) is 0 Å². The number of rotatable bonds is 5. The number of carbonyl (C=O) groups excluding carboxylic acids is 1. The van der Waals surface area contributed by atoms with Gasteiger partial charge in [-0.3, -0.25) is 9.53 Å². The number of aliphatic hydroxyl groups excluding tert-OH is 1. The molecule has 0 saturated heterocycles. The van der Waals surface area contributed by atoms with Crippen molar-refractivity contribution in [1.82, 2.24) is 14.9 Å². The third-order valence-corrected chi connectivity index (χ3v) is 7.92. The molecule has 5 aliphatic rings. The topological polar surface area (TPSA) is 85.6 Å². The lowest BCUT2D eigenvalue weighted by atomic mass is 9.38. The molecule has 7 rings (SSSR count). The zero-order valence-electron chi connectivity index (χ0n) is 18.0. The minimum absolute atomic E-state index is 0.0396. The number of amides is 1. The highest BCUT2D eigenvalue weighted by Gasteiger charge is 2.70. The van der Waals surface area contributed by atoms with Gasteiger partial charge in [0, 0.05) is 40.2 Å². The molecule has 2 atom stereocenters. The number of alkyl halides is 3. The molecule has 1 aliphatic heterocycles. The summed E-state index contributed by atoms with van der Waals surface area (Å²) >= 11 is 5.98. The first-order chi connectivity index (χ1) is 16.0. The summed E-state index contributed by atoms with van der Waals surface area (Å²) in [6, 6.07) is 4.92. The van der Waals surface area contributed by atoms with Crippen LogP contribution in [-0.2, 0) is 14.9 Å². The van der Waals surface area contributed by atoms with E-state index in [1.807, 2.05) is 10.8 Å². The highest BCUT2D eigenvalue weighted by molar-refractivity contribution is 6.30. The number of carbonyl (C=O) groups is 1. The Morgan fingerprint density at radius 2 is 2.00 bits per heavy atom. The lowest BCUT2D eigenvalue weighted by molar-refractivity contribution is -0.353. The van der Waals surface area contributed by atoms with Gasteiger partial charge in [-0.2, -0.15) is 0 Å². The van der Waals surface area contributed by atoms with Gasteiger partial charge in [0.1, 0.15) is 5.75 Å². The summed E-state index contributed by atoms with van der Waals surface area (Å²) < 4.78 is 48.7. The molecule has 1 aromatic heterocycles. The van der Waals surface area contributed by atoms with Crippen molar-refractivity contribution in [3.05, 3.63) is 47.0 Å². The van der Waals surface area contributed by atoms with Crippen molar-refractivity contribution in [2.45, 2.75) is 80.2 Å². The van der Waals surface area contributed by atoms with E-state index in [9.17, 15) is 23.1 Å². The standard InChI is InChI=1S/C23H23ClF3N3O4/c24-12-1-2-17-15(3-12)16(31)6-18(33-17)20(32)29-22-8-21(9-22,10-22)19-7-30(11-28-19)13-4-14(5-13)34-23(25,26)27/h1-3,7,11,13-14,16,18,31H,4-6,8-10H2,(H,29,32)/t13?,14?,16-,18-,21?,22?/m1/s1. The van der Waals surface area contributed by atoms with Gasteiger partial charge < -0.3 is 19.7 Å². The molecule has 7 nitrogen and oxygen atoms in total. The third kappa shape index (κ3) is 3.67. The Morgan fingerprint density at radius 1 is 1.26 bits per heavy atom. The predicted molar refractivity (Wildman–Crippen MR) is 113 cm³/mol. The Morgan fingerprint density at radius 3 is 2.71 bits per heavy atom. The molecular formula is C23H23ClF3N3O4. The fourth-order valence-corrected chi connectivity index (χ4v) is 6.17. The highest BCUT2D eigenvalue weighted by atomic mass is 35.5. The highest BCUT2D eigenvalue weighted by Crippen LogP contribution is 2.67. The summed E-state index contributed by atoms with van der Waals surface area (Å²) in [6.45, 7) is 0. The number of ether oxygens (including phenoxy) is 2. The van der Waals surface area contributed by atoms with Crippen LogP contribution in [0, 0.1) is 0 Å². The molecular weight excluding hydrogens is 475 g/mol. The summed E-state index contributed by atoms with van der Waals surface area (Å²) in [5.41, 5.74) is 1.11. The lowest BCUT2D eigenvalue weighted by Crippen LogP contribution is -2.77. The molecule has 0 spiro atoms. The number of halogens is 4. The smallest absolute Gasteiger partial charge is 0.480 e. The van der Waals surface area contributed by atoms with Crippen molar-refractivity contribution in [3.8, 4) is 5.75 Å². The SMILES string of the molecule is O=C(NC12CC(c3cn(C4CC(OC(F)(F)F)C4)cn3)(C1)C2)[C@H]1C[C@@H](O)c2cc(Cl)ccc2O1. The number of nitrogens with one attached hydrogen (secondary N) is 1. The van der Waals surface area contributed by atoms with Crippen molar-refractivity contribution in [3.63, 3.8) is 0 Å². The number of aromatic nitrogens is 2. The summed E-state index contributed by atoms with van der Waals surface area (Å²) in [7, 11) is 0. The second-order valence-electron chi connectivity index (χ2n) is 10.1. The van der Waals surface area contributed by atoms with Crippen LogP contribution < -0.4 is 10.1 Å². The maximum absolute atomic E-state index is 12.9. The fraction of sp³-hybridized carbons (Fsp3) is 0.565. The molecule has 4 fully saturated rings. The van der Waals surface area contributed by atoms with Gasteiger partial charge in [-0.15, -0.1) is 13.2 Å². The van der Waals surface area contributed by atoms with E-state index >= 15 is 0 Å². The van der Waals surface area contributed by atoms with Crippen LogP contribution >= 0.6 is 11.6 Å². The predicted octanol–water partition coefficient (Wildman–Crippen LogP) is 3.95. The van der Waals surface area contributed by atoms with Gasteiger partial charge >= 0.3 is 6.36 Å².